The van der Waals surface area contributed by atoms with E-state index < -0.39 is 6.29 Å². The summed E-state index contributed by atoms with van der Waals surface area (Å²) in [5.74, 6) is 0.0506. The molecule has 2 rings (SSSR count). The van der Waals surface area contributed by atoms with E-state index >= 15 is 0 Å². The fourth-order valence-electron chi connectivity index (χ4n) is 2.28. The third-order valence-corrected chi connectivity index (χ3v) is 3.27. The smallest absolute Gasteiger partial charge is 0.226 e. The van der Waals surface area contributed by atoms with E-state index in [1.165, 1.54) is 5.56 Å². The molecule has 0 spiro atoms. The first-order valence-corrected chi connectivity index (χ1v) is 6.03. The Hall–Kier alpha value is -1.39. The van der Waals surface area contributed by atoms with Crippen LogP contribution in [0.15, 0.2) is 30.3 Å². The SMILES string of the molecule is CC1NC(N)NC(=O)C1CCc1ccccc1. The van der Waals surface area contributed by atoms with Crippen molar-refractivity contribution < 1.29 is 4.79 Å². The van der Waals surface area contributed by atoms with Crippen molar-refractivity contribution in [3.05, 3.63) is 35.9 Å². The van der Waals surface area contributed by atoms with Gasteiger partial charge in [-0.25, -0.2) is 0 Å². The van der Waals surface area contributed by atoms with Gasteiger partial charge in [-0.05, 0) is 25.3 Å². The normalized spacial score (nSPS) is 28.8. The van der Waals surface area contributed by atoms with Crippen LogP contribution in [-0.2, 0) is 11.2 Å². The van der Waals surface area contributed by atoms with E-state index in [9.17, 15) is 4.79 Å². The van der Waals surface area contributed by atoms with Gasteiger partial charge in [0.2, 0.25) is 5.91 Å². The van der Waals surface area contributed by atoms with Gasteiger partial charge in [-0.2, -0.15) is 0 Å². The standard InChI is InChI=1S/C13H19N3O/c1-9-11(12(17)16-13(14)15-9)8-7-10-5-3-2-4-6-10/h2-6,9,11,13,15H,7-8,14H2,1H3,(H,16,17). The van der Waals surface area contributed by atoms with Crippen molar-refractivity contribution in [1.29, 1.82) is 0 Å². The van der Waals surface area contributed by atoms with Crippen LogP contribution in [0.3, 0.4) is 0 Å². The van der Waals surface area contributed by atoms with Gasteiger partial charge in [-0.15, -0.1) is 0 Å². The first-order chi connectivity index (χ1) is 8.16. The van der Waals surface area contributed by atoms with Crippen molar-refractivity contribution in [1.82, 2.24) is 10.6 Å². The van der Waals surface area contributed by atoms with Crippen LogP contribution in [0.2, 0.25) is 0 Å². The van der Waals surface area contributed by atoms with Crippen LogP contribution in [0.4, 0.5) is 0 Å². The summed E-state index contributed by atoms with van der Waals surface area (Å²) in [4.78, 5) is 11.8. The number of benzene rings is 1. The molecule has 0 aromatic heterocycles. The van der Waals surface area contributed by atoms with E-state index in [1.807, 2.05) is 25.1 Å². The minimum atomic E-state index is -0.412. The second-order valence-corrected chi connectivity index (χ2v) is 4.57. The maximum atomic E-state index is 11.8. The summed E-state index contributed by atoms with van der Waals surface area (Å²) >= 11 is 0. The third-order valence-electron chi connectivity index (χ3n) is 3.27. The molecule has 0 saturated carbocycles. The molecule has 0 bridgehead atoms. The highest BCUT2D eigenvalue weighted by Gasteiger charge is 2.31. The van der Waals surface area contributed by atoms with Gasteiger partial charge in [0, 0.05) is 6.04 Å². The van der Waals surface area contributed by atoms with Crippen LogP contribution in [-0.4, -0.2) is 18.2 Å². The molecular weight excluding hydrogens is 214 g/mol. The topological polar surface area (TPSA) is 67.2 Å². The van der Waals surface area contributed by atoms with Crippen LogP contribution in [0.5, 0.6) is 0 Å². The van der Waals surface area contributed by atoms with Crippen molar-refractivity contribution >= 4 is 5.91 Å². The Morgan fingerprint density at radius 1 is 1.29 bits per heavy atom. The van der Waals surface area contributed by atoms with E-state index in [1.54, 1.807) is 0 Å². The van der Waals surface area contributed by atoms with Gasteiger partial charge in [-0.3, -0.25) is 15.8 Å². The largest absolute Gasteiger partial charge is 0.328 e. The minimum Gasteiger partial charge on any atom is -0.328 e. The van der Waals surface area contributed by atoms with Crippen molar-refractivity contribution in [3.8, 4) is 0 Å². The molecule has 92 valence electrons. The van der Waals surface area contributed by atoms with Crippen LogP contribution in [0.25, 0.3) is 0 Å². The number of carbonyl (C=O) groups excluding carboxylic acids is 1. The fourth-order valence-corrected chi connectivity index (χ4v) is 2.28. The monoisotopic (exact) mass is 233 g/mol. The van der Waals surface area contributed by atoms with Crippen molar-refractivity contribution in [2.45, 2.75) is 32.1 Å². The van der Waals surface area contributed by atoms with Crippen LogP contribution in [0.1, 0.15) is 18.9 Å². The highest BCUT2D eigenvalue weighted by atomic mass is 16.2. The predicted octanol–water partition coefficient (Wildman–Crippen LogP) is 0.586. The molecule has 1 fully saturated rings. The Morgan fingerprint density at radius 2 is 2.00 bits per heavy atom. The summed E-state index contributed by atoms with van der Waals surface area (Å²) in [5.41, 5.74) is 6.91. The predicted molar refractivity (Wildman–Crippen MR) is 67.0 cm³/mol. The van der Waals surface area contributed by atoms with E-state index in [0.717, 1.165) is 12.8 Å². The highest BCUT2D eigenvalue weighted by molar-refractivity contribution is 5.80. The Labute approximate surface area is 102 Å². The molecular formula is C13H19N3O. The minimum absolute atomic E-state index is 0.00462. The fraction of sp³-hybridized carbons (Fsp3) is 0.462. The number of amides is 1. The van der Waals surface area contributed by atoms with Crippen molar-refractivity contribution in [2.75, 3.05) is 0 Å². The molecule has 17 heavy (non-hydrogen) atoms. The molecule has 0 radical (unpaired) electrons. The number of aryl methyl sites for hydroxylation is 1. The van der Waals surface area contributed by atoms with E-state index in [4.69, 9.17) is 5.73 Å². The Morgan fingerprint density at radius 3 is 2.65 bits per heavy atom. The van der Waals surface area contributed by atoms with E-state index in [2.05, 4.69) is 22.8 Å². The molecule has 4 heteroatoms. The van der Waals surface area contributed by atoms with Gasteiger partial charge >= 0.3 is 0 Å². The first-order valence-electron chi connectivity index (χ1n) is 6.03. The molecule has 1 aliphatic rings. The maximum Gasteiger partial charge on any atom is 0.226 e. The van der Waals surface area contributed by atoms with Gasteiger partial charge in [0.1, 0.15) is 6.29 Å². The molecule has 1 amide bonds. The molecule has 1 heterocycles. The molecule has 1 saturated heterocycles. The number of hydrogen-bond acceptors (Lipinski definition) is 3. The quantitative estimate of drug-likeness (QED) is 0.715. The van der Waals surface area contributed by atoms with Gasteiger partial charge < -0.3 is 5.32 Å². The molecule has 3 unspecified atom stereocenters. The molecule has 0 aliphatic carbocycles. The Bertz CT molecular complexity index is 380. The Kier molecular flexibility index (Phi) is 3.76. The molecule has 1 aromatic carbocycles. The average Bonchev–Trinajstić information content (AvgIpc) is 2.29. The lowest BCUT2D eigenvalue weighted by atomic mass is 9.91. The highest BCUT2D eigenvalue weighted by Crippen LogP contribution is 2.16. The van der Waals surface area contributed by atoms with E-state index in [-0.39, 0.29) is 17.9 Å². The van der Waals surface area contributed by atoms with Crippen LogP contribution >= 0.6 is 0 Å². The number of hydrogen-bond donors (Lipinski definition) is 3. The first kappa shape index (κ1) is 12.1. The maximum absolute atomic E-state index is 11.8. The molecule has 3 atom stereocenters. The lowest BCUT2D eigenvalue weighted by Crippen LogP contribution is -2.64. The second-order valence-electron chi connectivity index (χ2n) is 4.57. The van der Waals surface area contributed by atoms with Crippen LogP contribution < -0.4 is 16.4 Å². The molecule has 1 aliphatic heterocycles. The number of nitrogens with two attached hydrogens (primary N) is 1. The molecule has 1 aromatic rings. The number of nitrogens with one attached hydrogen (secondary N) is 2. The number of rotatable bonds is 3. The zero-order chi connectivity index (χ0) is 12.3. The number of carbonyl (C=O) groups is 1. The van der Waals surface area contributed by atoms with Crippen molar-refractivity contribution in [2.24, 2.45) is 11.7 Å². The summed E-state index contributed by atoms with van der Waals surface area (Å²) in [6.45, 7) is 2.01. The van der Waals surface area contributed by atoms with Gasteiger partial charge in [-0.1, -0.05) is 30.3 Å². The summed E-state index contributed by atoms with van der Waals surface area (Å²) in [5, 5.41) is 5.87. The zero-order valence-electron chi connectivity index (χ0n) is 10.0. The van der Waals surface area contributed by atoms with Crippen molar-refractivity contribution in [3.63, 3.8) is 0 Å². The van der Waals surface area contributed by atoms with Gasteiger partial charge in [0.05, 0.1) is 5.92 Å². The lowest BCUT2D eigenvalue weighted by molar-refractivity contribution is -0.129. The third kappa shape index (κ3) is 3.05. The van der Waals surface area contributed by atoms with Gasteiger partial charge in [0.15, 0.2) is 0 Å². The lowest BCUT2D eigenvalue weighted by Gasteiger charge is -2.33. The summed E-state index contributed by atoms with van der Waals surface area (Å²) in [6.07, 6.45) is 1.35. The summed E-state index contributed by atoms with van der Waals surface area (Å²) < 4.78 is 0. The second kappa shape index (κ2) is 5.29. The van der Waals surface area contributed by atoms with Crippen LogP contribution in [0, 0.1) is 5.92 Å². The zero-order valence-corrected chi connectivity index (χ0v) is 10.0. The van der Waals surface area contributed by atoms with E-state index in [0.29, 0.717) is 0 Å². The Balaban J connectivity index is 1.92. The van der Waals surface area contributed by atoms with Gasteiger partial charge in [0.25, 0.3) is 0 Å². The summed E-state index contributed by atoms with van der Waals surface area (Å²) in [7, 11) is 0. The molecule has 4 nitrogen and oxygen atoms in total. The molecule has 4 N–H and O–H groups in total. The average molecular weight is 233 g/mol. The summed E-state index contributed by atoms with van der Waals surface area (Å²) in [6, 6.07) is 10.3.